The normalized spacial score (nSPS) is 11.9. The number of hydrogen-bond donors (Lipinski definition) is 1. The van der Waals surface area contributed by atoms with Gasteiger partial charge in [0.25, 0.3) is 5.88 Å². The third kappa shape index (κ3) is 7.82. The maximum Gasteiger partial charge on any atom is 0.257 e. The molecule has 0 aliphatic heterocycles. The Hall–Kier alpha value is -2.12. The molecule has 0 aromatic carbocycles. The summed E-state index contributed by atoms with van der Waals surface area (Å²) in [5, 5.41) is 9.16. The second-order valence-corrected chi connectivity index (χ2v) is 13.7. The second-order valence-electron chi connectivity index (χ2n) is 8.85. The van der Waals surface area contributed by atoms with Gasteiger partial charge in [0.05, 0.1) is 20.3 Å². The zero-order valence-electron chi connectivity index (χ0n) is 20.1. The Labute approximate surface area is 188 Å². The molecule has 0 fully saturated rings. The number of rotatable bonds is 7. The molecular formula is C24H37FN2O3S. The van der Waals surface area contributed by atoms with Crippen molar-refractivity contribution >= 4 is 15.6 Å². The van der Waals surface area contributed by atoms with Crippen LogP contribution < -0.4 is 9.47 Å². The summed E-state index contributed by atoms with van der Waals surface area (Å²) in [4.78, 5) is 8.28. The van der Waals surface area contributed by atoms with Crippen molar-refractivity contribution in [3.8, 4) is 22.9 Å². The highest BCUT2D eigenvalue weighted by Gasteiger charge is 2.22. The zero-order chi connectivity index (χ0) is 23.8. The van der Waals surface area contributed by atoms with Crippen LogP contribution in [0.3, 0.4) is 0 Å². The van der Waals surface area contributed by atoms with Crippen molar-refractivity contribution in [2.24, 2.45) is 0 Å². The number of aliphatic hydroxyl groups is 1. The fraction of sp³-hybridized carbons (Fsp3) is 0.500. The molecule has 1 N–H and O–H groups in total. The first-order valence-electron chi connectivity index (χ1n) is 10.1. The van der Waals surface area contributed by atoms with Crippen LogP contribution in [0.25, 0.3) is 16.8 Å². The Bertz CT molecular complexity index is 862. The van der Waals surface area contributed by atoms with E-state index in [0.29, 0.717) is 28.1 Å². The fourth-order valence-electron chi connectivity index (χ4n) is 1.96. The minimum absolute atomic E-state index is 0.108. The number of methoxy groups -OCH3 is 1. The van der Waals surface area contributed by atoms with Gasteiger partial charge in [0, 0.05) is 24.0 Å². The molecule has 0 radical (unpaired) electrons. The molecule has 0 spiro atoms. The van der Waals surface area contributed by atoms with Crippen molar-refractivity contribution in [1.82, 2.24) is 9.97 Å². The lowest BCUT2D eigenvalue weighted by atomic mass is 10.1. The van der Waals surface area contributed by atoms with Crippen LogP contribution in [0, 0.1) is 5.82 Å². The highest BCUT2D eigenvalue weighted by molar-refractivity contribution is 8.33. The Morgan fingerprint density at radius 2 is 1.81 bits per heavy atom. The van der Waals surface area contributed by atoms with Crippen molar-refractivity contribution < 1.29 is 19.0 Å². The maximum atomic E-state index is 14.3. The summed E-state index contributed by atoms with van der Waals surface area (Å²) in [6.07, 6.45) is 10.9. The van der Waals surface area contributed by atoms with Crippen LogP contribution in [0.1, 0.15) is 39.7 Å². The second kappa shape index (κ2) is 11.5. The smallest absolute Gasteiger partial charge is 0.257 e. The molecule has 2 rings (SSSR count). The summed E-state index contributed by atoms with van der Waals surface area (Å²) in [7, 11) is 1.09. The number of ether oxygens (including phenoxy) is 2. The van der Waals surface area contributed by atoms with Gasteiger partial charge in [-0.1, -0.05) is 34.3 Å². The van der Waals surface area contributed by atoms with Crippen molar-refractivity contribution in [2.45, 2.75) is 38.9 Å². The molecule has 0 atom stereocenters. The lowest BCUT2D eigenvalue weighted by Gasteiger charge is -2.40. The largest absolute Gasteiger partial charge is 0.491 e. The molecule has 5 nitrogen and oxygen atoms in total. The molecule has 0 bridgehead atoms. The monoisotopic (exact) mass is 452 g/mol. The first-order valence-corrected chi connectivity index (χ1v) is 13.0. The van der Waals surface area contributed by atoms with Gasteiger partial charge in [-0.15, -0.1) is 0 Å². The van der Waals surface area contributed by atoms with Crippen LogP contribution in [0.5, 0.6) is 11.6 Å². The first-order chi connectivity index (χ1) is 14.4. The van der Waals surface area contributed by atoms with E-state index in [-0.39, 0.29) is 34.0 Å². The van der Waals surface area contributed by atoms with E-state index in [0.717, 1.165) is 6.42 Å². The van der Waals surface area contributed by atoms with Gasteiger partial charge < -0.3 is 14.6 Å². The Morgan fingerprint density at radius 1 is 1.19 bits per heavy atom. The highest BCUT2D eigenvalue weighted by Crippen LogP contribution is 2.48. The van der Waals surface area contributed by atoms with Gasteiger partial charge in [-0.25, -0.2) is 19.4 Å². The number of aliphatic hydroxyl groups excluding tert-OH is 1. The zero-order valence-corrected chi connectivity index (χ0v) is 20.9. The Balaban J connectivity index is 0.000000512. The van der Waals surface area contributed by atoms with Crippen LogP contribution in [-0.4, -0.2) is 58.9 Å². The van der Waals surface area contributed by atoms with Gasteiger partial charge in [-0.05, 0) is 47.1 Å². The van der Waals surface area contributed by atoms with Gasteiger partial charge in [-0.3, -0.25) is 4.98 Å². The SMILES string of the molecule is C=C(CO)c1cncc(-c2nc(OCCC)c(OC)cc2F)c1.CC(C)(C)S(C)(C)C. The van der Waals surface area contributed by atoms with E-state index >= 15 is 0 Å². The molecule has 0 amide bonds. The van der Waals surface area contributed by atoms with E-state index in [1.165, 1.54) is 19.4 Å². The molecule has 0 aliphatic carbocycles. The van der Waals surface area contributed by atoms with E-state index in [9.17, 15) is 4.39 Å². The summed E-state index contributed by atoms with van der Waals surface area (Å²) >= 11 is 0. The third-order valence-corrected chi connectivity index (χ3v) is 8.69. The molecule has 31 heavy (non-hydrogen) atoms. The van der Waals surface area contributed by atoms with Crippen LogP contribution in [-0.2, 0) is 0 Å². The predicted octanol–water partition coefficient (Wildman–Crippen LogP) is 5.56. The molecule has 0 saturated carbocycles. The number of aromatic nitrogens is 2. The van der Waals surface area contributed by atoms with E-state index in [1.54, 1.807) is 12.3 Å². The standard InChI is InChI=1S/C17H19FN2O3.C7H18S/c1-4-5-23-17-15(22-3)7-14(18)16(20-17)13-6-12(8-19-9-13)11(2)10-21;1-7(2,3)8(4,5)6/h6-9,21H,2,4-5,10H2,1,3H3;1-6H3. The Kier molecular flexibility index (Phi) is 9.97. The summed E-state index contributed by atoms with van der Waals surface area (Å²) in [5.41, 5.74) is 1.70. The number of halogens is 1. The number of nitrogens with zero attached hydrogens (tertiary/aromatic N) is 2. The summed E-state index contributed by atoms with van der Waals surface area (Å²) < 4.78 is 25.5. The van der Waals surface area contributed by atoms with Crippen molar-refractivity contribution in [3.63, 3.8) is 0 Å². The van der Waals surface area contributed by atoms with Crippen molar-refractivity contribution in [1.29, 1.82) is 0 Å². The lowest BCUT2D eigenvalue weighted by Crippen LogP contribution is -2.21. The number of pyridine rings is 2. The minimum atomic E-state index is -0.542. The highest BCUT2D eigenvalue weighted by atomic mass is 32.3. The average molecular weight is 453 g/mol. The van der Waals surface area contributed by atoms with Crippen molar-refractivity contribution in [2.75, 3.05) is 39.1 Å². The topological polar surface area (TPSA) is 64.5 Å². The van der Waals surface area contributed by atoms with Crippen molar-refractivity contribution in [3.05, 3.63) is 42.5 Å². The summed E-state index contributed by atoms with van der Waals surface area (Å²) in [6, 6.07) is 2.91. The summed E-state index contributed by atoms with van der Waals surface area (Å²) in [6.45, 7) is 12.9. The molecule has 0 unspecified atom stereocenters. The van der Waals surface area contributed by atoms with Crippen LogP contribution in [0.2, 0.25) is 0 Å². The van der Waals surface area contributed by atoms with Gasteiger partial charge in [0.15, 0.2) is 11.6 Å². The maximum absolute atomic E-state index is 14.3. The molecule has 174 valence electrons. The molecule has 7 heteroatoms. The minimum Gasteiger partial charge on any atom is -0.491 e. The molecule has 2 heterocycles. The third-order valence-electron chi connectivity index (χ3n) is 5.02. The van der Waals surface area contributed by atoms with E-state index in [2.05, 4.69) is 56.1 Å². The molecular weight excluding hydrogens is 415 g/mol. The fourth-order valence-corrected chi connectivity index (χ4v) is 1.96. The van der Waals surface area contributed by atoms with Gasteiger partial charge in [0.1, 0.15) is 5.69 Å². The summed E-state index contributed by atoms with van der Waals surface area (Å²) in [5.74, 6) is -0.0695. The quantitative estimate of drug-likeness (QED) is 0.595. The number of hydrogen-bond acceptors (Lipinski definition) is 5. The molecule has 2 aromatic heterocycles. The van der Waals surface area contributed by atoms with Crippen LogP contribution in [0.4, 0.5) is 4.39 Å². The Morgan fingerprint density at radius 3 is 2.29 bits per heavy atom. The molecule has 0 aliphatic rings. The van der Waals surface area contributed by atoms with Gasteiger partial charge in [-0.2, -0.15) is 0 Å². The van der Waals surface area contributed by atoms with E-state index in [1.807, 2.05) is 6.92 Å². The van der Waals surface area contributed by atoms with Crippen LogP contribution in [0.15, 0.2) is 31.1 Å². The van der Waals surface area contributed by atoms with Gasteiger partial charge in [0.2, 0.25) is 0 Å². The van der Waals surface area contributed by atoms with E-state index < -0.39 is 5.82 Å². The molecule has 0 saturated heterocycles. The lowest BCUT2D eigenvalue weighted by molar-refractivity contribution is 0.281. The average Bonchev–Trinajstić information content (AvgIpc) is 2.71. The molecule has 2 aromatic rings. The first kappa shape index (κ1) is 26.9. The predicted molar refractivity (Wildman–Crippen MR) is 131 cm³/mol. The van der Waals surface area contributed by atoms with Gasteiger partial charge >= 0.3 is 0 Å². The van der Waals surface area contributed by atoms with E-state index in [4.69, 9.17) is 14.6 Å². The van der Waals surface area contributed by atoms with Crippen LogP contribution >= 0.6 is 10.0 Å².